The number of halogens is 2. The second kappa shape index (κ2) is 5.13. The first kappa shape index (κ1) is 13.1. The molecule has 0 saturated heterocycles. The van der Waals surface area contributed by atoms with Gasteiger partial charge in [0.05, 0.1) is 16.6 Å². The SMILES string of the molecule is O=C(NC1CC=CC1)c1cc(F)c([N+](=O)[O-])cc1F. The molecule has 100 valence electrons. The van der Waals surface area contributed by atoms with Gasteiger partial charge in [-0.15, -0.1) is 0 Å². The van der Waals surface area contributed by atoms with Crippen LogP contribution >= 0.6 is 0 Å². The summed E-state index contributed by atoms with van der Waals surface area (Å²) < 4.78 is 26.9. The Labute approximate surface area is 107 Å². The Bertz CT molecular complexity index is 564. The van der Waals surface area contributed by atoms with Crippen molar-refractivity contribution in [2.45, 2.75) is 18.9 Å². The topological polar surface area (TPSA) is 72.2 Å². The van der Waals surface area contributed by atoms with Gasteiger partial charge in [-0.25, -0.2) is 4.39 Å². The van der Waals surface area contributed by atoms with Crippen molar-refractivity contribution in [3.63, 3.8) is 0 Å². The van der Waals surface area contributed by atoms with Gasteiger partial charge in [-0.2, -0.15) is 4.39 Å². The number of carbonyl (C=O) groups excluding carboxylic acids is 1. The van der Waals surface area contributed by atoms with Crippen LogP contribution in [0.4, 0.5) is 14.5 Å². The van der Waals surface area contributed by atoms with Crippen LogP contribution in [0.15, 0.2) is 24.3 Å². The molecule has 1 amide bonds. The van der Waals surface area contributed by atoms with Crippen LogP contribution in [0.1, 0.15) is 23.2 Å². The number of nitro benzene ring substituents is 1. The molecule has 1 N–H and O–H groups in total. The second-order valence-electron chi connectivity index (χ2n) is 4.15. The molecule has 0 heterocycles. The van der Waals surface area contributed by atoms with Gasteiger partial charge in [0.25, 0.3) is 5.91 Å². The molecule has 0 fully saturated rings. The lowest BCUT2D eigenvalue weighted by Crippen LogP contribution is -2.33. The zero-order valence-corrected chi connectivity index (χ0v) is 9.73. The first-order chi connectivity index (χ1) is 8.99. The molecule has 1 aromatic carbocycles. The Kier molecular flexibility index (Phi) is 3.55. The lowest BCUT2D eigenvalue weighted by Gasteiger charge is -2.12. The highest BCUT2D eigenvalue weighted by molar-refractivity contribution is 5.95. The average molecular weight is 268 g/mol. The van der Waals surface area contributed by atoms with E-state index in [1.165, 1.54) is 0 Å². The van der Waals surface area contributed by atoms with Crippen molar-refractivity contribution in [2.24, 2.45) is 0 Å². The van der Waals surface area contributed by atoms with Crippen molar-refractivity contribution in [1.82, 2.24) is 5.32 Å². The predicted octanol–water partition coefficient (Wildman–Crippen LogP) is 2.32. The van der Waals surface area contributed by atoms with Gasteiger partial charge in [0, 0.05) is 6.04 Å². The molecule has 7 heteroatoms. The predicted molar refractivity (Wildman–Crippen MR) is 62.6 cm³/mol. The maximum Gasteiger partial charge on any atom is 0.307 e. The highest BCUT2D eigenvalue weighted by Crippen LogP contribution is 2.22. The minimum absolute atomic E-state index is 0.148. The number of amides is 1. The van der Waals surface area contributed by atoms with Gasteiger partial charge in [0.2, 0.25) is 5.82 Å². The molecule has 1 aliphatic rings. The fourth-order valence-electron chi connectivity index (χ4n) is 1.85. The largest absolute Gasteiger partial charge is 0.349 e. The van der Waals surface area contributed by atoms with E-state index in [0.29, 0.717) is 25.0 Å². The Morgan fingerprint density at radius 2 is 1.89 bits per heavy atom. The molecule has 1 aromatic rings. The number of hydrogen-bond donors (Lipinski definition) is 1. The van der Waals surface area contributed by atoms with E-state index in [2.05, 4.69) is 5.32 Å². The minimum Gasteiger partial charge on any atom is -0.349 e. The van der Waals surface area contributed by atoms with Gasteiger partial charge in [0.1, 0.15) is 5.82 Å². The minimum atomic E-state index is -1.24. The summed E-state index contributed by atoms with van der Waals surface area (Å²) in [4.78, 5) is 21.1. The van der Waals surface area contributed by atoms with Crippen LogP contribution in [0.2, 0.25) is 0 Å². The van der Waals surface area contributed by atoms with Crippen LogP contribution in [-0.2, 0) is 0 Å². The molecule has 0 radical (unpaired) electrons. The fourth-order valence-corrected chi connectivity index (χ4v) is 1.85. The van der Waals surface area contributed by atoms with Crippen molar-refractivity contribution in [3.8, 4) is 0 Å². The van der Waals surface area contributed by atoms with Gasteiger partial charge in [-0.3, -0.25) is 14.9 Å². The highest BCUT2D eigenvalue weighted by Gasteiger charge is 2.23. The third kappa shape index (κ3) is 2.75. The normalized spacial score (nSPS) is 14.6. The number of nitrogens with one attached hydrogen (secondary N) is 1. The summed E-state index contributed by atoms with van der Waals surface area (Å²) in [6.45, 7) is 0. The molecule has 0 aromatic heterocycles. The molecule has 5 nitrogen and oxygen atoms in total. The molecule has 0 bridgehead atoms. The number of nitrogens with zero attached hydrogens (tertiary/aromatic N) is 1. The van der Waals surface area contributed by atoms with Crippen LogP contribution in [0.5, 0.6) is 0 Å². The van der Waals surface area contributed by atoms with Crippen molar-refractivity contribution in [1.29, 1.82) is 0 Å². The van der Waals surface area contributed by atoms with E-state index in [0.717, 1.165) is 0 Å². The molecule has 0 unspecified atom stereocenters. The van der Waals surface area contributed by atoms with E-state index in [9.17, 15) is 23.7 Å². The first-order valence-electron chi connectivity index (χ1n) is 5.58. The van der Waals surface area contributed by atoms with Crippen LogP contribution in [0, 0.1) is 21.7 Å². The Morgan fingerprint density at radius 3 is 2.47 bits per heavy atom. The maximum absolute atomic E-state index is 13.6. The molecule has 0 saturated carbocycles. The Hall–Kier alpha value is -2.31. The summed E-state index contributed by atoms with van der Waals surface area (Å²) in [5.74, 6) is -3.13. The van der Waals surface area contributed by atoms with Crippen molar-refractivity contribution < 1.29 is 18.5 Å². The van der Waals surface area contributed by atoms with E-state index in [1.54, 1.807) is 0 Å². The van der Waals surface area contributed by atoms with E-state index >= 15 is 0 Å². The molecule has 0 aliphatic heterocycles. The van der Waals surface area contributed by atoms with E-state index < -0.39 is 33.7 Å². The summed E-state index contributed by atoms with van der Waals surface area (Å²) in [5, 5.41) is 13.0. The molecular weight excluding hydrogens is 258 g/mol. The van der Waals surface area contributed by atoms with Crippen LogP contribution in [0.3, 0.4) is 0 Å². The molecule has 0 atom stereocenters. The molecule has 1 aliphatic carbocycles. The van der Waals surface area contributed by atoms with Gasteiger partial charge in [-0.05, 0) is 18.9 Å². The summed E-state index contributed by atoms with van der Waals surface area (Å²) in [5.41, 5.74) is -1.52. The van der Waals surface area contributed by atoms with Gasteiger partial charge < -0.3 is 5.32 Å². The number of nitro groups is 1. The van der Waals surface area contributed by atoms with Crippen LogP contribution < -0.4 is 5.32 Å². The summed E-state index contributed by atoms with van der Waals surface area (Å²) >= 11 is 0. The third-order valence-corrected chi connectivity index (χ3v) is 2.82. The number of rotatable bonds is 3. The van der Waals surface area contributed by atoms with Crippen molar-refractivity contribution in [2.75, 3.05) is 0 Å². The van der Waals surface area contributed by atoms with E-state index in [1.807, 2.05) is 12.2 Å². The zero-order valence-electron chi connectivity index (χ0n) is 9.73. The maximum atomic E-state index is 13.6. The lowest BCUT2D eigenvalue weighted by molar-refractivity contribution is -0.387. The molecular formula is C12H10F2N2O3. The zero-order chi connectivity index (χ0) is 14.0. The average Bonchev–Trinajstić information content (AvgIpc) is 2.83. The van der Waals surface area contributed by atoms with Crippen LogP contribution in [-0.4, -0.2) is 16.9 Å². The monoisotopic (exact) mass is 268 g/mol. The first-order valence-corrected chi connectivity index (χ1v) is 5.58. The van der Waals surface area contributed by atoms with E-state index in [4.69, 9.17) is 0 Å². The summed E-state index contributed by atoms with van der Waals surface area (Å²) in [6.07, 6.45) is 5.00. The summed E-state index contributed by atoms with van der Waals surface area (Å²) in [6, 6.07) is 0.813. The van der Waals surface area contributed by atoms with Gasteiger partial charge >= 0.3 is 5.69 Å². The van der Waals surface area contributed by atoms with Gasteiger partial charge in [-0.1, -0.05) is 12.2 Å². The Balaban J connectivity index is 2.22. The number of benzene rings is 1. The standard InChI is InChI=1S/C12H10F2N2O3/c13-9-6-11(16(18)19)10(14)5-8(9)12(17)15-7-3-1-2-4-7/h1-2,5-7H,3-4H2,(H,15,17). The quantitative estimate of drug-likeness (QED) is 0.519. The smallest absolute Gasteiger partial charge is 0.307 e. The van der Waals surface area contributed by atoms with Crippen molar-refractivity contribution >= 4 is 11.6 Å². The Morgan fingerprint density at radius 1 is 1.26 bits per heavy atom. The highest BCUT2D eigenvalue weighted by atomic mass is 19.1. The molecule has 2 rings (SSSR count). The lowest BCUT2D eigenvalue weighted by atomic mass is 10.1. The molecule has 19 heavy (non-hydrogen) atoms. The number of carbonyl (C=O) groups is 1. The molecule has 0 spiro atoms. The van der Waals surface area contributed by atoms with Gasteiger partial charge in [0.15, 0.2) is 0 Å². The number of hydrogen-bond acceptors (Lipinski definition) is 3. The third-order valence-electron chi connectivity index (χ3n) is 2.82. The van der Waals surface area contributed by atoms with Crippen LogP contribution in [0.25, 0.3) is 0 Å². The second-order valence-corrected chi connectivity index (χ2v) is 4.15. The van der Waals surface area contributed by atoms with E-state index in [-0.39, 0.29) is 6.04 Å². The summed E-state index contributed by atoms with van der Waals surface area (Å²) in [7, 11) is 0. The fraction of sp³-hybridized carbons (Fsp3) is 0.250. The van der Waals surface area contributed by atoms with Crippen molar-refractivity contribution in [3.05, 3.63) is 51.6 Å².